The molecule has 0 aliphatic carbocycles. The fraction of sp³-hybridized carbons (Fsp3) is 0. The van der Waals surface area contributed by atoms with Gasteiger partial charge < -0.3 is 8.83 Å². The molecule has 6 heteroatoms. The van der Waals surface area contributed by atoms with Crippen LogP contribution in [0.4, 0.5) is 0 Å². The van der Waals surface area contributed by atoms with Gasteiger partial charge in [-0.25, -0.2) is 15.0 Å². The number of nitrogens with zero attached hydrogens (tertiary/aromatic N) is 4. The number of hydrogen-bond donors (Lipinski definition) is 0. The van der Waals surface area contributed by atoms with E-state index >= 15 is 0 Å². The molecule has 6 nitrogen and oxygen atoms in total. The second kappa shape index (κ2) is 13.7. The first-order valence-electron chi connectivity index (χ1n) is 19.9. The Hall–Kier alpha value is -8.22. The topological polar surface area (TPSA) is 77.8 Å². The highest BCUT2D eigenvalue weighted by Crippen LogP contribution is 2.42. The van der Waals surface area contributed by atoms with Crippen LogP contribution in [0.3, 0.4) is 0 Å². The Morgan fingerprint density at radius 1 is 0.300 bits per heavy atom. The number of furan rings is 2. The molecule has 0 saturated heterocycles. The third kappa shape index (κ3) is 5.65. The molecule has 4 heterocycles. The van der Waals surface area contributed by atoms with Crippen molar-refractivity contribution < 1.29 is 8.83 Å². The Morgan fingerprint density at radius 3 is 1.38 bits per heavy atom. The summed E-state index contributed by atoms with van der Waals surface area (Å²) in [6, 6.07) is 62.4. The first-order chi connectivity index (χ1) is 29.7. The Balaban J connectivity index is 1.07. The molecular weight excluding hydrogens is 737 g/mol. The van der Waals surface area contributed by atoms with E-state index in [0.717, 1.165) is 105 Å². The van der Waals surface area contributed by atoms with E-state index in [1.807, 2.05) is 85.2 Å². The lowest BCUT2D eigenvalue weighted by atomic mass is 9.94. The van der Waals surface area contributed by atoms with E-state index in [-0.39, 0.29) is 0 Å². The smallest absolute Gasteiger partial charge is 0.164 e. The van der Waals surface area contributed by atoms with Gasteiger partial charge in [0.2, 0.25) is 0 Å². The van der Waals surface area contributed by atoms with Crippen LogP contribution in [0.15, 0.2) is 203 Å². The summed E-state index contributed by atoms with van der Waals surface area (Å²) in [6.45, 7) is 0. The van der Waals surface area contributed by atoms with Crippen LogP contribution in [0.25, 0.3) is 122 Å². The van der Waals surface area contributed by atoms with Crippen molar-refractivity contribution in [1.82, 2.24) is 19.9 Å². The van der Waals surface area contributed by atoms with Gasteiger partial charge in [0.25, 0.3) is 0 Å². The highest BCUT2D eigenvalue weighted by molar-refractivity contribution is 6.11. The van der Waals surface area contributed by atoms with Crippen LogP contribution in [-0.2, 0) is 0 Å². The van der Waals surface area contributed by atoms with Crippen LogP contribution < -0.4 is 0 Å². The lowest BCUT2D eigenvalue weighted by Gasteiger charge is -2.13. The molecule has 0 N–H and O–H groups in total. The van der Waals surface area contributed by atoms with E-state index in [4.69, 9.17) is 23.8 Å². The second-order valence-corrected chi connectivity index (χ2v) is 15.0. The van der Waals surface area contributed by atoms with Crippen LogP contribution in [0.1, 0.15) is 0 Å². The lowest BCUT2D eigenvalue weighted by molar-refractivity contribution is 0.670. The molecule has 280 valence electrons. The molecule has 0 spiro atoms. The van der Waals surface area contributed by atoms with Crippen molar-refractivity contribution in [1.29, 1.82) is 0 Å². The standard InChI is InChI=1S/C54H32N4O2/c1-2-12-34(13-3-1)52-56-53(35-26-24-33(25-27-35)47-32-55-31-36-14-4-5-15-40(36)47)58-54(57-52)39-29-37(41-18-10-20-45-43-16-6-8-22-48(43)59-50(41)45)28-38(30-39)42-19-11-21-46-44-17-7-9-23-49(44)60-51(42)46/h1-32H. The molecule has 0 atom stereocenters. The SMILES string of the molecule is c1ccc(-c2nc(-c3ccc(-c4cncc5ccccc45)cc3)nc(-c3cc(-c4cccc5c4oc4ccccc45)cc(-c4cccc5c4oc4ccccc45)c3)n2)cc1. The maximum atomic E-state index is 6.59. The molecule has 0 saturated carbocycles. The number of para-hydroxylation sites is 4. The predicted octanol–water partition coefficient (Wildman–Crippen LogP) is 14.2. The Bertz CT molecular complexity index is 3470. The molecule has 8 aromatic carbocycles. The second-order valence-electron chi connectivity index (χ2n) is 15.0. The van der Waals surface area contributed by atoms with E-state index < -0.39 is 0 Å². The van der Waals surface area contributed by atoms with E-state index in [0.29, 0.717) is 17.5 Å². The van der Waals surface area contributed by atoms with Gasteiger partial charge in [0.1, 0.15) is 22.3 Å². The molecule has 0 aliphatic rings. The molecule has 0 bridgehead atoms. The number of hydrogen-bond acceptors (Lipinski definition) is 6. The third-order valence-electron chi connectivity index (χ3n) is 11.4. The highest BCUT2D eigenvalue weighted by Gasteiger charge is 2.20. The summed E-state index contributed by atoms with van der Waals surface area (Å²) in [5.74, 6) is 1.72. The van der Waals surface area contributed by atoms with E-state index in [2.05, 4.69) is 114 Å². The monoisotopic (exact) mass is 768 g/mol. The summed E-state index contributed by atoms with van der Waals surface area (Å²) in [5.41, 5.74) is 12.0. The number of pyridine rings is 1. The highest BCUT2D eigenvalue weighted by atomic mass is 16.3. The van der Waals surface area contributed by atoms with Gasteiger partial charge in [-0.15, -0.1) is 0 Å². The van der Waals surface area contributed by atoms with Crippen molar-refractivity contribution >= 4 is 54.6 Å². The lowest BCUT2D eigenvalue weighted by Crippen LogP contribution is -2.00. The first kappa shape index (κ1) is 33.9. The third-order valence-corrected chi connectivity index (χ3v) is 11.4. The molecule has 60 heavy (non-hydrogen) atoms. The molecule has 12 rings (SSSR count). The fourth-order valence-corrected chi connectivity index (χ4v) is 8.51. The van der Waals surface area contributed by atoms with Gasteiger partial charge in [-0.1, -0.05) is 152 Å². The number of aromatic nitrogens is 4. The molecule has 12 aromatic rings. The van der Waals surface area contributed by atoms with Crippen LogP contribution in [-0.4, -0.2) is 19.9 Å². The van der Waals surface area contributed by atoms with Gasteiger partial charge in [-0.05, 0) is 52.4 Å². The summed E-state index contributed by atoms with van der Waals surface area (Å²) in [6.07, 6.45) is 3.83. The zero-order chi connectivity index (χ0) is 39.6. The summed E-state index contributed by atoms with van der Waals surface area (Å²) in [7, 11) is 0. The fourth-order valence-electron chi connectivity index (χ4n) is 8.51. The maximum absolute atomic E-state index is 6.59. The summed E-state index contributed by atoms with van der Waals surface area (Å²) >= 11 is 0. The van der Waals surface area contributed by atoms with Crippen molar-refractivity contribution in [3.8, 4) is 67.5 Å². The molecule has 4 aromatic heterocycles. The quantitative estimate of drug-likeness (QED) is 0.168. The van der Waals surface area contributed by atoms with Gasteiger partial charge in [0, 0.05) is 72.7 Å². The minimum atomic E-state index is 0.554. The summed E-state index contributed by atoms with van der Waals surface area (Å²) in [5, 5.41) is 6.53. The molecular formula is C54H32N4O2. The average molecular weight is 769 g/mol. The zero-order valence-electron chi connectivity index (χ0n) is 32.1. The van der Waals surface area contributed by atoms with Crippen molar-refractivity contribution in [3.63, 3.8) is 0 Å². The molecule has 0 unspecified atom stereocenters. The zero-order valence-corrected chi connectivity index (χ0v) is 32.1. The molecule has 0 radical (unpaired) electrons. The largest absolute Gasteiger partial charge is 0.455 e. The average Bonchev–Trinajstić information content (AvgIpc) is 3.90. The van der Waals surface area contributed by atoms with Crippen molar-refractivity contribution in [2.24, 2.45) is 0 Å². The molecule has 0 fully saturated rings. The van der Waals surface area contributed by atoms with Crippen LogP contribution in [0.5, 0.6) is 0 Å². The molecule has 0 amide bonds. The summed E-state index contributed by atoms with van der Waals surface area (Å²) in [4.78, 5) is 20.0. The minimum absolute atomic E-state index is 0.554. The Morgan fingerprint density at radius 2 is 0.767 bits per heavy atom. The van der Waals surface area contributed by atoms with E-state index in [9.17, 15) is 0 Å². The minimum Gasteiger partial charge on any atom is -0.455 e. The van der Waals surface area contributed by atoms with Crippen LogP contribution >= 0.6 is 0 Å². The van der Waals surface area contributed by atoms with Gasteiger partial charge in [-0.2, -0.15) is 0 Å². The van der Waals surface area contributed by atoms with Gasteiger partial charge in [-0.3, -0.25) is 4.98 Å². The molecule has 0 aliphatic heterocycles. The van der Waals surface area contributed by atoms with Gasteiger partial charge in [0.05, 0.1) is 0 Å². The number of benzene rings is 8. The first-order valence-corrected chi connectivity index (χ1v) is 19.9. The Labute approximate surface area is 344 Å². The van der Waals surface area contributed by atoms with Crippen LogP contribution in [0, 0.1) is 0 Å². The summed E-state index contributed by atoms with van der Waals surface area (Å²) < 4.78 is 13.2. The van der Waals surface area contributed by atoms with E-state index in [1.54, 1.807) is 0 Å². The van der Waals surface area contributed by atoms with Gasteiger partial charge >= 0.3 is 0 Å². The number of fused-ring (bicyclic) bond motifs is 7. The van der Waals surface area contributed by atoms with Crippen molar-refractivity contribution in [2.75, 3.05) is 0 Å². The number of rotatable bonds is 6. The van der Waals surface area contributed by atoms with Crippen molar-refractivity contribution in [2.45, 2.75) is 0 Å². The van der Waals surface area contributed by atoms with E-state index in [1.165, 1.54) is 0 Å². The van der Waals surface area contributed by atoms with Crippen LogP contribution in [0.2, 0.25) is 0 Å². The van der Waals surface area contributed by atoms with Crippen molar-refractivity contribution in [3.05, 3.63) is 194 Å². The normalized spacial score (nSPS) is 11.7. The Kier molecular flexibility index (Phi) is 7.74. The predicted molar refractivity (Wildman–Crippen MR) is 242 cm³/mol. The van der Waals surface area contributed by atoms with Gasteiger partial charge in [0.15, 0.2) is 17.5 Å². The maximum Gasteiger partial charge on any atom is 0.164 e.